The molecule has 1 saturated heterocycles. The van der Waals surface area contributed by atoms with Crippen molar-refractivity contribution in [2.24, 2.45) is 0 Å². The standard InChI is InChI=1S/C15H20N2O/c1-14(2)11-7-5-6-8-12(11)16(3)15(14)10-9-13(18)17(15)4/h5-8H,9-10H2,1-4H3. The lowest BCUT2D eigenvalue weighted by atomic mass is 9.74. The molecule has 1 aromatic rings. The van der Waals surface area contributed by atoms with Gasteiger partial charge in [0.25, 0.3) is 0 Å². The first kappa shape index (κ1) is 11.6. The van der Waals surface area contributed by atoms with Crippen LogP contribution in [0.1, 0.15) is 32.3 Å². The molecule has 3 heteroatoms. The van der Waals surface area contributed by atoms with Crippen LogP contribution in [0.4, 0.5) is 5.69 Å². The van der Waals surface area contributed by atoms with Gasteiger partial charge in [0, 0.05) is 31.6 Å². The Balaban J connectivity index is 2.23. The van der Waals surface area contributed by atoms with Crippen LogP contribution < -0.4 is 4.90 Å². The highest BCUT2D eigenvalue weighted by Gasteiger charge is 2.61. The van der Waals surface area contributed by atoms with Crippen molar-refractivity contribution in [2.45, 2.75) is 37.8 Å². The Labute approximate surface area is 108 Å². The van der Waals surface area contributed by atoms with E-state index in [1.165, 1.54) is 11.3 Å². The predicted molar refractivity (Wildman–Crippen MR) is 72.6 cm³/mol. The lowest BCUT2D eigenvalue weighted by Crippen LogP contribution is -2.62. The molecule has 18 heavy (non-hydrogen) atoms. The number of fused-ring (bicyclic) bond motifs is 1. The number of nitrogens with zero attached hydrogens (tertiary/aromatic N) is 2. The minimum absolute atomic E-state index is 0.0424. The molecule has 0 radical (unpaired) electrons. The molecule has 0 saturated carbocycles. The van der Waals surface area contributed by atoms with Crippen LogP contribution in [-0.4, -0.2) is 30.6 Å². The highest BCUT2D eigenvalue weighted by molar-refractivity contribution is 5.83. The normalized spacial score (nSPS) is 29.2. The molecule has 0 aromatic heterocycles. The van der Waals surface area contributed by atoms with E-state index in [0.717, 1.165) is 6.42 Å². The van der Waals surface area contributed by atoms with Crippen molar-refractivity contribution in [3.63, 3.8) is 0 Å². The number of hydrogen-bond acceptors (Lipinski definition) is 2. The van der Waals surface area contributed by atoms with Crippen molar-refractivity contribution in [3.05, 3.63) is 29.8 Å². The molecule has 1 aromatic carbocycles. The van der Waals surface area contributed by atoms with E-state index in [1.807, 2.05) is 11.9 Å². The SMILES string of the molecule is CN1C(=O)CCC12N(C)c1ccccc1C2(C)C. The molecule has 3 nitrogen and oxygen atoms in total. The van der Waals surface area contributed by atoms with E-state index in [2.05, 4.69) is 50.1 Å². The summed E-state index contributed by atoms with van der Waals surface area (Å²) < 4.78 is 0. The predicted octanol–water partition coefficient (Wildman–Crippen LogP) is 2.36. The van der Waals surface area contributed by atoms with Crippen LogP contribution in [0.2, 0.25) is 0 Å². The summed E-state index contributed by atoms with van der Waals surface area (Å²) in [5, 5.41) is 0. The van der Waals surface area contributed by atoms with Crippen molar-refractivity contribution in [2.75, 3.05) is 19.0 Å². The van der Waals surface area contributed by atoms with Gasteiger partial charge in [-0.25, -0.2) is 0 Å². The average Bonchev–Trinajstić information content (AvgIpc) is 2.74. The van der Waals surface area contributed by atoms with Gasteiger partial charge in [0.1, 0.15) is 5.66 Å². The molecule has 0 N–H and O–H groups in total. The van der Waals surface area contributed by atoms with Gasteiger partial charge in [0.05, 0.1) is 0 Å². The van der Waals surface area contributed by atoms with E-state index in [9.17, 15) is 4.79 Å². The summed E-state index contributed by atoms with van der Waals surface area (Å²) >= 11 is 0. The molecular formula is C15H20N2O. The minimum Gasteiger partial charge on any atom is -0.351 e. The molecule has 1 spiro atoms. The van der Waals surface area contributed by atoms with E-state index in [0.29, 0.717) is 6.42 Å². The fourth-order valence-corrected chi connectivity index (χ4v) is 4.08. The summed E-state index contributed by atoms with van der Waals surface area (Å²) in [7, 11) is 4.06. The second-order valence-electron chi connectivity index (χ2n) is 5.97. The summed E-state index contributed by atoms with van der Waals surface area (Å²) in [6.45, 7) is 4.51. The van der Waals surface area contributed by atoms with Gasteiger partial charge in [-0.1, -0.05) is 32.0 Å². The Morgan fingerprint density at radius 2 is 1.78 bits per heavy atom. The Kier molecular flexibility index (Phi) is 2.11. The van der Waals surface area contributed by atoms with Gasteiger partial charge < -0.3 is 9.80 Å². The Hall–Kier alpha value is -1.51. The summed E-state index contributed by atoms with van der Waals surface area (Å²) in [6.07, 6.45) is 1.55. The monoisotopic (exact) mass is 244 g/mol. The molecule has 2 aliphatic heterocycles. The van der Waals surface area contributed by atoms with Crippen LogP contribution in [0.25, 0.3) is 0 Å². The van der Waals surface area contributed by atoms with Crippen LogP contribution >= 0.6 is 0 Å². The molecule has 1 amide bonds. The van der Waals surface area contributed by atoms with E-state index < -0.39 is 0 Å². The highest BCUT2D eigenvalue weighted by Crippen LogP contribution is 2.56. The molecule has 1 fully saturated rings. The number of likely N-dealkylation sites (N-methyl/N-ethyl adjacent to an activating group) is 2. The molecule has 0 aliphatic carbocycles. The zero-order chi connectivity index (χ0) is 13.1. The lowest BCUT2D eigenvalue weighted by Gasteiger charge is -2.48. The number of benzene rings is 1. The minimum atomic E-state index is -0.201. The van der Waals surface area contributed by atoms with Gasteiger partial charge in [0.15, 0.2) is 0 Å². The van der Waals surface area contributed by atoms with Crippen LogP contribution in [0, 0.1) is 0 Å². The second-order valence-corrected chi connectivity index (χ2v) is 5.97. The highest BCUT2D eigenvalue weighted by atomic mass is 16.2. The summed E-state index contributed by atoms with van der Waals surface area (Å²) in [5.41, 5.74) is 2.35. The van der Waals surface area contributed by atoms with Gasteiger partial charge in [0.2, 0.25) is 5.91 Å². The number of amides is 1. The van der Waals surface area contributed by atoms with E-state index >= 15 is 0 Å². The fourth-order valence-electron chi connectivity index (χ4n) is 4.08. The summed E-state index contributed by atoms with van der Waals surface area (Å²) in [5.74, 6) is 0.253. The maximum absolute atomic E-state index is 12.0. The van der Waals surface area contributed by atoms with Gasteiger partial charge in [-0.2, -0.15) is 0 Å². The second kappa shape index (κ2) is 3.28. The van der Waals surface area contributed by atoms with E-state index in [4.69, 9.17) is 0 Å². The number of carbonyl (C=O) groups is 1. The molecule has 3 rings (SSSR count). The Morgan fingerprint density at radius 1 is 1.11 bits per heavy atom. The Bertz CT molecular complexity index is 523. The van der Waals surface area contributed by atoms with Crippen molar-refractivity contribution in [1.82, 2.24) is 4.90 Å². The molecule has 2 heterocycles. The topological polar surface area (TPSA) is 23.6 Å². The van der Waals surface area contributed by atoms with Crippen molar-refractivity contribution in [3.8, 4) is 0 Å². The Morgan fingerprint density at radius 3 is 2.33 bits per heavy atom. The van der Waals surface area contributed by atoms with Crippen molar-refractivity contribution in [1.29, 1.82) is 0 Å². The van der Waals surface area contributed by atoms with Gasteiger partial charge in [-0.3, -0.25) is 4.79 Å². The van der Waals surface area contributed by atoms with Crippen molar-refractivity contribution >= 4 is 11.6 Å². The zero-order valence-electron chi connectivity index (χ0n) is 11.5. The third kappa shape index (κ3) is 1.03. The third-order valence-electron chi connectivity index (χ3n) is 5.11. The summed E-state index contributed by atoms with van der Waals surface area (Å²) in [6, 6.07) is 8.51. The molecule has 2 aliphatic rings. The molecule has 1 unspecified atom stereocenters. The molecule has 0 bridgehead atoms. The van der Waals surface area contributed by atoms with E-state index in [1.54, 1.807) is 0 Å². The number of para-hydroxylation sites is 1. The molecule has 96 valence electrons. The van der Waals surface area contributed by atoms with Gasteiger partial charge >= 0.3 is 0 Å². The summed E-state index contributed by atoms with van der Waals surface area (Å²) in [4.78, 5) is 16.3. The third-order valence-corrected chi connectivity index (χ3v) is 5.11. The quantitative estimate of drug-likeness (QED) is 0.699. The fraction of sp³-hybridized carbons (Fsp3) is 0.533. The number of carbonyl (C=O) groups excluding carboxylic acids is 1. The first-order valence-corrected chi connectivity index (χ1v) is 6.53. The van der Waals surface area contributed by atoms with Crippen LogP contribution in [0.3, 0.4) is 0 Å². The molecule has 1 atom stereocenters. The number of hydrogen-bond donors (Lipinski definition) is 0. The number of anilines is 1. The van der Waals surface area contributed by atoms with Gasteiger partial charge in [-0.15, -0.1) is 0 Å². The maximum Gasteiger partial charge on any atom is 0.224 e. The van der Waals surface area contributed by atoms with Crippen LogP contribution in [0.15, 0.2) is 24.3 Å². The first-order chi connectivity index (χ1) is 8.43. The molecular weight excluding hydrogens is 224 g/mol. The number of rotatable bonds is 0. The van der Waals surface area contributed by atoms with E-state index in [-0.39, 0.29) is 17.0 Å². The van der Waals surface area contributed by atoms with Crippen molar-refractivity contribution < 1.29 is 4.79 Å². The lowest BCUT2D eigenvalue weighted by molar-refractivity contribution is -0.130. The zero-order valence-corrected chi connectivity index (χ0v) is 11.5. The maximum atomic E-state index is 12.0. The van der Waals surface area contributed by atoms with Crippen LogP contribution in [0.5, 0.6) is 0 Å². The largest absolute Gasteiger partial charge is 0.351 e. The van der Waals surface area contributed by atoms with Gasteiger partial charge in [-0.05, 0) is 18.1 Å². The smallest absolute Gasteiger partial charge is 0.224 e. The first-order valence-electron chi connectivity index (χ1n) is 6.53. The average molecular weight is 244 g/mol. The van der Waals surface area contributed by atoms with Crippen LogP contribution in [-0.2, 0) is 10.2 Å². The number of likely N-dealkylation sites (tertiary alicyclic amines) is 1.